The van der Waals surface area contributed by atoms with Gasteiger partial charge in [-0.05, 0) is 68.1 Å². The summed E-state index contributed by atoms with van der Waals surface area (Å²) in [4.78, 5) is 0. The van der Waals surface area contributed by atoms with Gasteiger partial charge in [0.05, 0.1) is 0 Å². The van der Waals surface area contributed by atoms with Gasteiger partial charge in [0.15, 0.2) is 0 Å². The molecule has 0 amide bonds. The van der Waals surface area contributed by atoms with Crippen molar-refractivity contribution in [3.05, 3.63) is 68.7 Å². The molecular weight excluding hydrogens is 310 g/mol. The van der Waals surface area contributed by atoms with E-state index in [2.05, 4.69) is 73.1 Å². The number of hydrogen-bond donors (Lipinski definition) is 1. The third kappa shape index (κ3) is 3.50. The predicted octanol–water partition coefficient (Wildman–Crippen LogP) is 4.66. The summed E-state index contributed by atoms with van der Waals surface area (Å²) in [6.45, 7) is 7.22. The lowest BCUT2D eigenvalue weighted by Gasteiger charge is -2.19. The number of halogens is 1. The molecule has 0 heterocycles. The van der Waals surface area contributed by atoms with Gasteiger partial charge in [0, 0.05) is 10.4 Å². The molecule has 106 valence electrons. The van der Waals surface area contributed by atoms with E-state index < -0.39 is 0 Å². The first-order valence-electron chi connectivity index (χ1n) is 7.03. The highest BCUT2D eigenvalue weighted by atomic mass is 79.9. The zero-order valence-corrected chi connectivity index (χ0v) is 14.0. The Kier molecular flexibility index (Phi) is 5.00. The van der Waals surface area contributed by atoms with Gasteiger partial charge in [0.25, 0.3) is 0 Å². The largest absolute Gasteiger partial charge is 0.330 e. The molecule has 0 aromatic heterocycles. The number of benzene rings is 2. The Hall–Kier alpha value is -1.12. The van der Waals surface area contributed by atoms with Crippen molar-refractivity contribution in [1.29, 1.82) is 0 Å². The highest BCUT2D eigenvalue weighted by Gasteiger charge is 2.14. The van der Waals surface area contributed by atoms with E-state index in [1.807, 2.05) is 0 Å². The van der Waals surface area contributed by atoms with Crippen LogP contribution in [-0.2, 0) is 6.42 Å². The average molecular weight is 332 g/mol. The maximum Gasteiger partial charge on any atom is 0.0175 e. The zero-order valence-electron chi connectivity index (χ0n) is 12.4. The molecule has 0 spiro atoms. The third-order valence-electron chi connectivity index (χ3n) is 3.92. The predicted molar refractivity (Wildman–Crippen MR) is 90.3 cm³/mol. The van der Waals surface area contributed by atoms with Gasteiger partial charge in [-0.15, -0.1) is 0 Å². The van der Waals surface area contributed by atoms with Crippen LogP contribution in [0.4, 0.5) is 0 Å². The van der Waals surface area contributed by atoms with Gasteiger partial charge in [0.2, 0.25) is 0 Å². The molecule has 0 radical (unpaired) electrons. The van der Waals surface area contributed by atoms with Crippen molar-refractivity contribution >= 4 is 15.9 Å². The van der Waals surface area contributed by atoms with Crippen LogP contribution in [-0.4, -0.2) is 6.54 Å². The molecular formula is C18H22BrN. The van der Waals surface area contributed by atoms with E-state index in [0.29, 0.717) is 12.5 Å². The molecule has 1 atom stereocenters. The monoisotopic (exact) mass is 331 g/mol. The van der Waals surface area contributed by atoms with Gasteiger partial charge in [-0.3, -0.25) is 0 Å². The summed E-state index contributed by atoms with van der Waals surface area (Å²) in [5.74, 6) is 0.378. The Balaban J connectivity index is 2.29. The molecule has 2 N–H and O–H groups in total. The summed E-state index contributed by atoms with van der Waals surface area (Å²) in [7, 11) is 0. The van der Waals surface area contributed by atoms with Gasteiger partial charge in [-0.25, -0.2) is 0 Å². The molecule has 0 saturated carbocycles. The summed E-state index contributed by atoms with van der Waals surface area (Å²) in [6.07, 6.45) is 1.01. The van der Waals surface area contributed by atoms with E-state index in [1.54, 1.807) is 0 Å². The minimum Gasteiger partial charge on any atom is -0.330 e. The van der Waals surface area contributed by atoms with E-state index in [1.165, 1.54) is 27.8 Å². The second-order valence-corrected chi connectivity index (χ2v) is 6.48. The molecule has 20 heavy (non-hydrogen) atoms. The molecule has 0 fully saturated rings. The highest BCUT2D eigenvalue weighted by Crippen LogP contribution is 2.26. The molecule has 2 heteroatoms. The Morgan fingerprint density at radius 1 is 1.00 bits per heavy atom. The second kappa shape index (κ2) is 6.55. The fourth-order valence-corrected chi connectivity index (χ4v) is 3.11. The third-order valence-corrected chi connectivity index (χ3v) is 4.45. The second-order valence-electron chi connectivity index (χ2n) is 5.57. The molecule has 0 aliphatic carbocycles. The molecule has 0 bridgehead atoms. The standard InChI is InChI=1S/C18H22BrN/c1-12-8-13(2)18(14(3)9-12)10-16(11-20)15-4-6-17(19)7-5-15/h4-9,16H,10-11,20H2,1-3H3. The first-order chi connectivity index (χ1) is 9.51. The van der Waals surface area contributed by atoms with Crippen LogP contribution in [0.5, 0.6) is 0 Å². The smallest absolute Gasteiger partial charge is 0.0175 e. The summed E-state index contributed by atoms with van der Waals surface area (Å²) in [5, 5.41) is 0. The molecule has 2 aromatic carbocycles. The van der Waals surface area contributed by atoms with Crippen LogP contribution < -0.4 is 5.73 Å². The summed E-state index contributed by atoms with van der Waals surface area (Å²) < 4.78 is 1.11. The van der Waals surface area contributed by atoms with Crippen LogP contribution >= 0.6 is 15.9 Å². The van der Waals surface area contributed by atoms with Gasteiger partial charge in [-0.1, -0.05) is 45.8 Å². The molecule has 2 aromatic rings. The van der Waals surface area contributed by atoms with Crippen molar-refractivity contribution in [2.45, 2.75) is 33.1 Å². The van der Waals surface area contributed by atoms with Gasteiger partial charge in [0.1, 0.15) is 0 Å². The highest BCUT2D eigenvalue weighted by molar-refractivity contribution is 9.10. The van der Waals surface area contributed by atoms with E-state index in [0.717, 1.165) is 10.9 Å². The quantitative estimate of drug-likeness (QED) is 0.866. The van der Waals surface area contributed by atoms with Crippen LogP contribution in [0, 0.1) is 20.8 Å². The van der Waals surface area contributed by atoms with Crippen LogP contribution in [0.1, 0.15) is 33.7 Å². The molecule has 0 aliphatic heterocycles. The van der Waals surface area contributed by atoms with Gasteiger partial charge < -0.3 is 5.73 Å². The van der Waals surface area contributed by atoms with Crippen molar-refractivity contribution < 1.29 is 0 Å². The SMILES string of the molecule is Cc1cc(C)c(CC(CN)c2ccc(Br)cc2)c(C)c1. The van der Waals surface area contributed by atoms with Crippen molar-refractivity contribution in [2.24, 2.45) is 5.73 Å². The fraction of sp³-hybridized carbons (Fsp3) is 0.333. The van der Waals surface area contributed by atoms with Crippen LogP contribution in [0.15, 0.2) is 40.9 Å². The topological polar surface area (TPSA) is 26.0 Å². The maximum atomic E-state index is 6.01. The van der Waals surface area contributed by atoms with Crippen LogP contribution in [0.3, 0.4) is 0 Å². The average Bonchev–Trinajstić information content (AvgIpc) is 2.39. The Morgan fingerprint density at radius 3 is 2.05 bits per heavy atom. The molecule has 0 aliphatic rings. The molecule has 1 unspecified atom stereocenters. The normalized spacial score (nSPS) is 12.4. The van der Waals surface area contributed by atoms with E-state index in [4.69, 9.17) is 5.73 Å². The first kappa shape index (κ1) is 15.3. The number of hydrogen-bond acceptors (Lipinski definition) is 1. The van der Waals surface area contributed by atoms with Crippen molar-refractivity contribution in [2.75, 3.05) is 6.54 Å². The Bertz CT molecular complexity index is 564. The van der Waals surface area contributed by atoms with E-state index >= 15 is 0 Å². The van der Waals surface area contributed by atoms with Crippen LogP contribution in [0.25, 0.3) is 0 Å². The molecule has 0 saturated heterocycles. The van der Waals surface area contributed by atoms with E-state index in [9.17, 15) is 0 Å². The van der Waals surface area contributed by atoms with Crippen LogP contribution in [0.2, 0.25) is 0 Å². The number of rotatable bonds is 4. The van der Waals surface area contributed by atoms with Crippen molar-refractivity contribution in [3.8, 4) is 0 Å². The molecule has 2 rings (SSSR count). The number of aryl methyl sites for hydroxylation is 3. The van der Waals surface area contributed by atoms with Crippen molar-refractivity contribution in [3.63, 3.8) is 0 Å². The summed E-state index contributed by atoms with van der Waals surface area (Å²) >= 11 is 3.48. The number of nitrogens with two attached hydrogens (primary N) is 1. The van der Waals surface area contributed by atoms with Crippen molar-refractivity contribution in [1.82, 2.24) is 0 Å². The Labute approximate surface area is 130 Å². The summed E-state index contributed by atoms with van der Waals surface area (Å²) in [5.41, 5.74) is 12.8. The Morgan fingerprint density at radius 2 is 1.55 bits per heavy atom. The lowest BCUT2D eigenvalue weighted by Crippen LogP contribution is -2.16. The molecule has 1 nitrogen and oxygen atoms in total. The minimum atomic E-state index is 0.378. The zero-order chi connectivity index (χ0) is 14.7. The lowest BCUT2D eigenvalue weighted by atomic mass is 9.87. The van der Waals surface area contributed by atoms with E-state index in [-0.39, 0.29) is 0 Å². The lowest BCUT2D eigenvalue weighted by molar-refractivity contribution is 0.689. The first-order valence-corrected chi connectivity index (χ1v) is 7.83. The minimum absolute atomic E-state index is 0.378. The van der Waals surface area contributed by atoms with Gasteiger partial charge >= 0.3 is 0 Å². The van der Waals surface area contributed by atoms with Gasteiger partial charge in [-0.2, -0.15) is 0 Å². The fourth-order valence-electron chi connectivity index (χ4n) is 2.85. The maximum absolute atomic E-state index is 6.01. The summed E-state index contributed by atoms with van der Waals surface area (Å²) in [6, 6.07) is 13.0.